The highest BCUT2D eigenvalue weighted by atomic mass is 16.5. The lowest BCUT2D eigenvalue weighted by molar-refractivity contribution is -0.132. The molecule has 0 aromatic heterocycles. The molecule has 4 rings (SSSR count). The number of nitriles is 1. The quantitative estimate of drug-likeness (QED) is 0.313. The number of hydrogen-bond donors (Lipinski definition) is 2. The number of carbonyl (C=O) groups is 2. The number of carbonyl (C=O) groups excluding carboxylic acids is 2. The van der Waals surface area contributed by atoms with Crippen LogP contribution in [0.2, 0.25) is 0 Å². The highest BCUT2D eigenvalue weighted by molar-refractivity contribution is 6.51. The standard InChI is InChI=1S/C28H24N2O5/c1-4-35-23-14-19(9-12-22(23)31)25-24(26(32)20-8-5-16(2)17(3)13-20)27(33)28(34)30(25)21-10-6-18(15-29)7-11-21/h5-14,25,31-32H,4H2,1-3H3/b26-24-. The van der Waals surface area contributed by atoms with Crippen LogP contribution in [0, 0.1) is 25.2 Å². The summed E-state index contributed by atoms with van der Waals surface area (Å²) >= 11 is 0. The summed E-state index contributed by atoms with van der Waals surface area (Å²) in [6.45, 7) is 5.91. The van der Waals surface area contributed by atoms with Gasteiger partial charge in [0, 0.05) is 11.3 Å². The third-order valence-electron chi connectivity index (χ3n) is 6.10. The molecule has 1 unspecified atom stereocenters. The fourth-order valence-electron chi connectivity index (χ4n) is 4.13. The molecule has 1 aliphatic heterocycles. The Morgan fingerprint density at radius 3 is 2.37 bits per heavy atom. The van der Waals surface area contributed by atoms with E-state index in [4.69, 9.17) is 10.00 Å². The number of phenolic OH excluding ortho intramolecular Hbond substituents is 1. The molecular weight excluding hydrogens is 444 g/mol. The van der Waals surface area contributed by atoms with Gasteiger partial charge in [0.1, 0.15) is 5.76 Å². The van der Waals surface area contributed by atoms with Gasteiger partial charge in [-0.15, -0.1) is 0 Å². The Morgan fingerprint density at radius 2 is 1.74 bits per heavy atom. The van der Waals surface area contributed by atoms with Gasteiger partial charge >= 0.3 is 0 Å². The molecule has 1 fully saturated rings. The van der Waals surface area contributed by atoms with Crippen LogP contribution < -0.4 is 9.64 Å². The van der Waals surface area contributed by atoms with E-state index in [2.05, 4.69) is 0 Å². The maximum absolute atomic E-state index is 13.3. The first-order valence-electron chi connectivity index (χ1n) is 11.1. The first-order valence-corrected chi connectivity index (χ1v) is 11.1. The van der Waals surface area contributed by atoms with E-state index in [1.54, 1.807) is 55.5 Å². The van der Waals surface area contributed by atoms with Crippen LogP contribution in [0.15, 0.2) is 66.2 Å². The summed E-state index contributed by atoms with van der Waals surface area (Å²) in [7, 11) is 0. The Balaban J connectivity index is 1.96. The Hall–Kier alpha value is -4.57. The topological polar surface area (TPSA) is 111 Å². The number of Topliss-reactive ketones (excluding diaryl/α,β-unsaturated/α-hetero) is 1. The molecule has 1 amide bonds. The summed E-state index contributed by atoms with van der Waals surface area (Å²) in [6, 6.07) is 17.2. The van der Waals surface area contributed by atoms with Crippen molar-refractivity contribution in [2.75, 3.05) is 11.5 Å². The predicted molar refractivity (Wildman–Crippen MR) is 131 cm³/mol. The van der Waals surface area contributed by atoms with E-state index >= 15 is 0 Å². The van der Waals surface area contributed by atoms with Crippen LogP contribution in [0.4, 0.5) is 5.69 Å². The smallest absolute Gasteiger partial charge is 0.300 e. The van der Waals surface area contributed by atoms with Crippen molar-refractivity contribution < 1.29 is 24.5 Å². The van der Waals surface area contributed by atoms with E-state index in [0.29, 0.717) is 29.0 Å². The van der Waals surface area contributed by atoms with Crippen molar-refractivity contribution in [2.45, 2.75) is 26.8 Å². The number of hydrogen-bond acceptors (Lipinski definition) is 6. The molecule has 1 aliphatic rings. The van der Waals surface area contributed by atoms with Crippen molar-refractivity contribution >= 4 is 23.1 Å². The lowest BCUT2D eigenvalue weighted by Gasteiger charge is -2.26. The van der Waals surface area contributed by atoms with Crippen molar-refractivity contribution in [2.24, 2.45) is 0 Å². The third-order valence-corrected chi connectivity index (χ3v) is 6.10. The van der Waals surface area contributed by atoms with Crippen LogP contribution in [-0.4, -0.2) is 28.5 Å². The number of ether oxygens (including phenoxy) is 1. The van der Waals surface area contributed by atoms with Gasteiger partial charge in [-0.25, -0.2) is 0 Å². The number of aromatic hydroxyl groups is 1. The first kappa shape index (κ1) is 23.6. The minimum absolute atomic E-state index is 0.0734. The summed E-state index contributed by atoms with van der Waals surface area (Å²) in [4.78, 5) is 27.9. The van der Waals surface area contributed by atoms with E-state index in [1.807, 2.05) is 26.0 Å². The SMILES string of the molecule is CCOc1cc(C2/C(=C(/O)c3ccc(C)c(C)c3)C(=O)C(=O)N2c2ccc(C#N)cc2)ccc1O. The molecule has 1 atom stereocenters. The predicted octanol–water partition coefficient (Wildman–Crippen LogP) is 4.91. The van der Waals surface area contributed by atoms with Crippen LogP contribution in [0.3, 0.4) is 0 Å². The van der Waals surface area contributed by atoms with E-state index in [-0.39, 0.29) is 22.8 Å². The van der Waals surface area contributed by atoms with Crippen LogP contribution in [0.1, 0.15) is 40.8 Å². The second-order valence-corrected chi connectivity index (χ2v) is 8.29. The number of amides is 1. The van der Waals surface area contributed by atoms with Gasteiger partial charge in [-0.05, 0) is 79.9 Å². The molecule has 3 aromatic rings. The zero-order valence-electron chi connectivity index (χ0n) is 19.6. The van der Waals surface area contributed by atoms with Crippen LogP contribution >= 0.6 is 0 Å². The van der Waals surface area contributed by atoms with E-state index < -0.39 is 17.7 Å². The second kappa shape index (κ2) is 9.35. The maximum Gasteiger partial charge on any atom is 0.300 e. The van der Waals surface area contributed by atoms with Gasteiger partial charge < -0.3 is 14.9 Å². The Labute approximate surface area is 203 Å². The van der Waals surface area contributed by atoms with Crippen molar-refractivity contribution in [3.63, 3.8) is 0 Å². The highest BCUT2D eigenvalue weighted by Crippen LogP contribution is 2.44. The number of aryl methyl sites for hydroxylation is 2. The average Bonchev–Trinajstić information content (AvgIpc) is 3.12. The summed E-state index contributed by atoms with van der Waals surface area (Å²) in [5.41, 5.74) is 3.56. The minimum Gasteiger partial charge on any atom is -0.507 e. The Morgan fingerprint density at radius 1 is 1.03 bits per heavy atom. The number of anilines is 1. The molecule has 0 saturated carbocycles. The highest BCUT2D eigenvalue weighted by Gasteiger charge is 2.47. The molecule has 7 nitrogen and oxygen atoms in total. The number of phenols is 1. The molecule has 1 saturated heterocycles. The summed E-state index contributed by atoms with van der Waals surface area (Å²) in [5, 5.41) is 30.6. The van der Waals surface area contributed by atoms with Gasteiger partial charge in [-0.3, -0.25) is 14.5 Å². The molecule has 0 bridgehead atoms. The van der Waals surface area contributed by atoms with Crippen molar-refractivity contribution in [3.8, 4) is 17.6 Å². The maximum atomic E-state index is 13.3. The Bertz CT molecular complexity index is 1400. The second-order valence-electron chi connectivity index (χ2n) is 8.29. The fourth-order valence-corrected chi connectivity index (χ4v) is 4.13. The number of aliphatic hydroxyl groups excluding tert-OH is 1. The third kappa shape index (κ3) is 4.22. The van der Waals surface area contributed by atoms with E-state index in [9.17, 15) is 19.8 Å². The molecule has 176 valence electrons. The van der Waals surface area contributed by atoms with Gasteiger partial charge in [0.25, 0.3) is 11.7 Å². The largest absolute Gasteiger partial charge is 0.507 e. The number of rotatable bonds is 5. The van der Waals surface area contributed by atoms with Crippen LogP contribution in [-0.2, 0) is 9.59 Å². The monoisotopic (exact) mass is 468 g/mol. The molecule has 7 heteroatoms. The zero-order chi connectivity index (χ0) is 25.3. The number of ketones is 1. The molecule has 1 heterocycles. The fraction of sp³-hybridized carbons (Fsp3) is 0.179. The molecule has 3 aromatic carbocycles. The van der Waals surface area contributed by atoms with Crippen molar-refractivity contribution in [1.82, 2.24) is 0 Å². The lowest BCUT2D eigenvalue weighted by Crippen LogP contribution is -2.29. The summed E-state index contributed by atoms with van der Waals surface area (Å²) in [5.74, 6) is -1.82. The lowest BCUT2D eigenvalue weighted by atomic mass is 9.94. The van der Waals surface area contributed by atoms with Gasteiger partial charge in [0.15, 0.2) is 11.5 Å². The Kier molecular flexibility index (Phi) is 6.30. The van der Waals surface area contributed by atoms with Crippen LogP contribution in [0.25, 0.3) is 5.76 Å². The van der Waals surface area contributed by atoms with E-state index in [1.165, 1.54) is 11.0 Å². The van der Waals surface area contributed by atoms with Gasteiger partial charge in [0.05, 0.1) is 29.9 Å². The summed E-state index contributed by atoms with van der Waals surface area (Å²) in [6.07, 6.45) is 0. The molecular formula is C28H24N2O5. The molecule has 0 spiro atoms. The van der Waals surface area contributed by atoms with Crippen LogP contribution in [0.5, 0.6) is 11.5 Å². The van der Waals surface area contributed by atoms with Gasteiger partial charge in [-0.1, -0.05) is 18.2 Å². The molecule has 2 N–H and O–H groups in total. The average molecular weight is 469 g/mol. The van der Waals surface area contributed by atoms with Crippen molar-refractivity contribution in [3.05, 3.63) is 94.1 Å². The zero-order valence-corrected chi connectivity index (χ0v) is 19.6. The summed E-state index contributed by atoms with van der Waals surface area (Å²) < 4.78 is 5.52. The molecule has 35 heavy (non-hydrogen) atoms. The van der Waals surface area contributed by atoms with E-state index in [0.717, 1.165) is 11.1 Å². The van der Waals surface area contributed by atoms with Crippen molar-refractivity contribution in [1.29, 1.82) is 5.26 Å². The molecule has 0 radical (unpaired) electrons. The number of nitrogens with zero attached hydrogens (tertiary/aromatic N) is 2. The normalized spacial score (nSPS) is 16.9. The van der Waals surface area contributed by atoms with Gasteiger partial charge in [-0.2, -0.15) is 5.26 Å². The number of aliphatic hydroxyl groups is 1. The minimum atomic E-state index is -0.982. The molecule has 0 aliphatic carbocycles. The number of benzene rings is 3. The van der Waals surface area contributed by atoms with Gasteiger partial charge in [0.2, 0.25) is 0 Å². The first-order chi connectivity index (χ1) is 16.8.